The minimum atomic E-state index is -0.736. The van der Waals surface area contributed by atoms with Gasteiger partial charge in [-0.3, -0.25) is 14.5 Å². The molecule has 1 heterocycles. The molecule has 0 spiro atoms. The van der Waals surface area contributed by atoms with Gasteiger partial charge in [-0.15, -0.1) is 0 Å². The molecule has 2 amide bonds. The van der Waals surface area contributed by atoms with Crippen molar-refractivity contribution >= 4 is 35.0 Å². The number of nitrogens with zero attached hydrogens (tertiary/aromatic N) is 2. The van der Waals surface area contributed by atoms with Crippen molar-refractivity contribution in [2.75, 3.05) is 16.8 Å². The van der Waals surface area contributed by atoms with Gasteiger partial charge in [-0.1, -0.05) is 36.9 Å². The third-order valence-electron chi connectivity index (χ3n) is 4.14. The second-order valence-electron chi connectivity index (χ2n) is 5.58. The molecule has 0 radical (unpaired) electrons. The van der Waals surface area contributed by atoms with Crippen LogP contribution in [0.3, 0.4) is 0 Å². The van der Waals surface area contributed by atoms with Crippen LogP contribution in [0.5, 0.6) is 0 Å². The minimum Gasteiger partial charge on any atom is -0.313 e. The lowest BCUT2D eigenvalue weighted by Gasteiger charge is -2.24. The lowest BCUT2D eigenvalue weighted by molar-refractivity contribution is -0.130. The fourth-order valence-electron chi connectivity index (χ4n) is 2.80. The average Bonchev–Trinajstić information content (AvgIpc) is 2.66. The van der Waals surface area contributed by atoms with E-state index in [4.69, 9.17) is 0 Å². The van der Waals surface area contributed by atoms with Crippen molar-refractivity contribution in [2.24, 2.45) is 5.92 Å². The molecule has 0 aliphatic carbocycles. The zero-order valence-electron chi connectivity index (χ0n) is 13.2. The molecule has 2 aromatic carbocycles. The second kappa shape index (κ2) is 5.72. The number of para-hydroxylation sites is 1. The van der Waals surface area contributed by atoms with E-state index in [1.807, 2.05) is 48.5 Å². The van der Waals surface area contributed by atoms with E-state index in [9.17, 15) is 9.59 Å². The van der Waals surface area contributed by atoms with E-state index >= 15 is 0 Å². The van der Waals surface area contributed by atoms with Gasteiger partial charge in [-0.2, -0.15) is 0 Å². The van der Waals surface area contributed by atoms with Crippen molar-refractivity contribution < 1.29 is 9.59 Å². The summed E-state index contributed by atoms with van der Waals surface area (Å²) in [7, 11) is 1.70. The number of carbonyl (C=O) groups is 2. The third-order valence-corrected chi connectivity index (χ3v) is 4.14. The molecule has 0 saturated carbocycles. The van der Waals surface area contributed by atoms with Gasteiger partial charge < -0.3 is 4.90 Å². The molecule has 4 heteroatoms. The summed E-state index contributed by atoms with van der Waals surface area (Å²) in [6, 6.07) is 15.0. The molecule has 116 valence electrons. The Labute approximate surface area is 135 Å². The second-order valence-corrected chi connectivity index (χ2v) is 5.58. The van der Waals surface area contributed by atoms with Crippen molar-refractivity contribution in [2.45, 2.75) is 6.92 Å². The molecule has 1 aliphatic rings. The van der Waals surface area contributed by atoms with Crippen molar-refractivity contribution in [3.63, 3.8) is 0 Å². The Balaban J connectivity index is 2.28. The van der Waals surface area contributed by atoms with E-state index in [1.54, 1.807) is 29.8 Å². The van der Waals surface area contributed by atoms with Crippen LogP contribution in [0.4, 0.5) is 17.1 Å². The van der Waals surface area contributed by atoms with Gasteiger partial charge >= 0.3 is 0 Å². The van der Waals surface area contributed by atoms with Crippen molar-refractivity contribution in [3.05, 3.63) is 60.7 Å². The molecule has 0 aromatic heterocycles. The maximum atomic E-state index is 12.9. The van der Waals surface area contributed by atoms with Crippen LogP contribution in [0, 0.1) is 5.92 Å². The summed E-state index contributed by atoms with van der Waals surface area (Å²) in [5.74, 6) is -1.17. The monoisotopic (exact) mass is 306 g/mol. The predicted octanol–water partition coefficient (Wildman–Crippen LogP) is 3.61. The largest absolute Gasteiger partial charge is 0.313 e. The van der Waals surface area contributed by atoms with E-state index < -0.39 is 5.92 Å². The van der Waals surface area contributed by atoms with Gasteiger partial charge in [0.15, 0.2) is 0 Å². The van der Waals surface area contributed by atoms with Crippen LogP contribution < -0.4 is 9.80 Å². The highest BCUT2D eigenvalue weighted by molar-refractivity contribution is 6.19. The number of rotatable bonds is 2. The molecule has 1 unspecified atom stereocenters. The van der Waals surface area contributed by atoms with Gasteiger partial charge in [0.05, 0.1) is 11.4 Å². The molecule has 4 nitrogen and oxygen atoms in total. The van der Waals surface area contributed by atoms with Crippen LogP contribution in [0.15, 0.2) is 55.1 Å². The van der Waals surface area contributed by atoms with Crippen LogP contribution in [0.25, 0.3) is 6.08 Å². The first-order valence-corrected chi connectivity index (χ1v) is 7.47. The first-order chi connectivity index (χ1) is 11.0. The molecule has 2 aromatic rings. The average molecular weight is 306 g/mol. The molecule has 23 heavy (non-hydrogen) atoms. The fourth-order valence-corrected chi connectivity index (χ4v) is 2.80. The highest BCUT2D eigenvalue weighted by Crippen LogP contribution is 2.39. The Morgan fingerprint density at radius 2 is 1.70 bits per heavy atom. The number of anilines is 3. The predicted molar refractivity (Wildman–Crippen MR) is 92.7 cm³/mol. The normalized spacial score (nSPS) is 17.7. The molecule has 0 fully saturated rings. The lowest BCUT2D eigenvalue weighted by atomic mass is 10.1. The van der Waals surface area contributed by atoms with Gasteiger partial charge in [-0.25, -0.2) is 0 Å². The quantitative estimate of drug-likeness (QED) is 0.795. The number of hydrogen-bond donors (Lipinski definition) is 0. The summed E-state index contributed by atoms with van der Waals surface area (Å²) < 4.78 is 0. The SMILES string of the molecule is C=Cc1ccc2c(c1)N(c1ccccc1)C(=O)C(C)C(=O)N2C. The first kappa shape index (κ1) is 15.0. The number of hydrogen-bond acceptors (Lipinski definition) is 2. The van der Waals surface area contributed by atoms with Crippen molar-refractivity contribution in [1.29, 1.82) is 0 Å². The third kappa shape index (κ3) is 2.42. The molecular formula is C19H18N2O2. The smallest absolute Gasteiger partial charge is 0.243 e. The van der Waals surface area contributed by atoms with E-state index in [0.717, 1.165) is 11.3 Å². The molecule has 0 saturated heterocycles. The molecular weight excluding hydrogens is 288 g/mol. The summed E-state index contributed by atoms with van der Waals surface area (Å²) in [6.45, 7) is 5.44. The van der Waals surface area contributed by atoms with E-state index in [2.05, 4.69) is 6.58 Å². The van der Waals surface area contributed by atoms with Crippen LogP contribution in [-0.2, 0) is 9.59 Å². The Kier molecular flexibility index (Phi) is 3.74. The number of fused-ring (bicyclic) bond motifs is 1. The Morgan fingerprint density at radius 3 is 2.35 bits per heavy atom. The maximum absolute atomic E-state index is 12.9. The molecule has 0 N–H and O–H groups in total. The highest BCUT2D eigenvalue weighted by Gasteiger charge is 2.36. The van der Waals surface area contributed by atoms with Crippen LogP contribution in [0.2, 0.25) is 0 Å². The van der Waals surface area contributed by atoms with Gasteiger partial charge in [0.2, 0.25) is 11.8 Å². The molecule has 1 aliphatic heterocycles. The van der Waals surface area contributed by atoms with Gasteiger partial charge in [0.25, 0.3) is 0 Å². The van der Waals surface area contributed by atoms with Gasteiger partial charge in [-0.05, 0) is 36.8 Å². The van der Waals surface area contributed by atoms with E-state index in [1.165, 1.54) is 0 Å². The Bertz CT molecular complexity index is 783. The molecule has 0 bridgehead atoms. The Morgan fingerprint density at radius 1 is 1.00 bits per heavy atom. The maximum Gasteiger partial charge on any atom is 0.243 e. The summed E-state index contributed by atoms with van der Waals surface area (Å²) in [5, 5.41) is 0. The molecule has 1 atom stereocenters. The topological polar surface area (TPSA) is 40.6 Å². The summed E-state index contributed by atoms with van der Waals surface area (Å²) >= 11 is 0. The van der Waals surface area contributed by atoms with E-state index in [-0.39, 0.29) is 11.8 Å². The number of carbonyl (C=O) groups excluding carboxylic acids is 2. The molecule has 3 rings (SSSR count). The van der Waals surface area contributed by atoms with Crippen LogP contribution in [0.1, 0.15) is 12.5 Å². The zero-order valence-corrected chi connectivity index (χ0v) is 13.2. The van der Waals surface area contributed by atoms with E-state index in [0.29, 0.717) is 11.4 Å². The fraction of sp³-hybridized carbons (Fsp3) is 0.158. The van der Waals surface area contributed by atoms with Gasteiger partial charge in [0, 0.05) is 12.7 Å². The Hall–Kier alpha value is -2.88. The first-order valence-electron chi connectivity index (χ1n) is 7.47. The summed E-state index contributed by atoms with van der Waals surface area (Å²) in [5.41, 5.74) is 3.05. The lowest BCUT2D eigenvalue weighted by Crippen LogP contribution is -2.37. The highest BCUT2D eigenvalue weighted by atomic mass is 16.2. The zero-order chi connectivity index (χ0) is 16.6. The van der Waals surface area contributed by atoms with Crippen LogP contribution in [-0.4, -0.2) is 18.9 Å². The number of amides is 2. The summed E-state index contributed by atoms with van der Waals surface area (Å²) in [6.07, 6.45) is 1.73. The minimum absolute atomic E-state index is 0.207. The van der Waals surface area contributed by atoms with Crippen molar-refractivity contribution in [1.82, 2.24) is 0 Å². The van der Waals surface area contributed by atoms with Crippen LogP contribution >= 0.6 is 0 Å². The van der Waals surface area contributed by atoms with Crippen molar-refractivity contribution in [3.8, 4) is 0 Å². The number of benzene rings is 2. The summed E-state index contributed by atoms with van der Waals surface area (Å²) in [4.78, 5) is 28.6. The van der Waals surface area contributed by atoms with Gasteiger partial charge in [0.1, 0.15) is 5.92 Å². The standard InChI is InChI=1S/C19H18N2O2/c1-4-14-10-11-16-17(12-14)21(15-8-6-5-7-9-15)19(23)13(2)18(22)20(16)3/h4-13H,1H2,2-3H3.